The lowest BCUT2D eigenvalue weighted by atomic mass is 9.89. The van der Waals surface area contributed by atoms with Gasteiger partial charge in [0.15, 0.2) is 5.82 Å². The number of fused-ring (bicyclic) bond motifs is 1. The maximum absolute atomic E-state index is 12.2. The molecule has 1 heterocycles. The Morgan fingerprint density at radius 2 is 1.96 bits per heavy atom. The van der Waals surface area contributed by atoms with Gasteiger partial charge in [0.05, 0.1) is 18.5 Å². The molecule has 0 unspecified atom stereocenters. The van der Waals surface area contributed by atoms with Crippen LogP contribution in [0.15, 0.2) is 18.2 Å². The first-order valence-corrected chi connectivity index (χ1v) is 8.72. The minimum atomic E-state index is -0.0801. The number of carbonyl (C=O) groups excluding carboxylic acids is 1. The number of amides is 1. The molecule has 6 heteroatoms. The summed E-state index contributed by atoms with van der Waals surface area (Å²) in [7, 11) is 0. The number of aromatic nitrogens is 4. The van der Waals surface area contributed by atoms with Gasteiger partial charge in [0.1, 0.15) is 0 Å². The van der Waals surface area contributed by atoms with E-state index in [0.717, 1.165) is 12.0 Å². The summed E-state index contributed by atoms with van der Waals surface area (Å²) in [4.78, 5) is 13.8. The summed E-state index contributed by atoms with van der Waals surface area (Å²) >= 11 is 0. The Bertz CT molecular complexity index is 722. The van der Waals surface area contributed by atoms with Crippen molar-refractivity contribution < 1.29 is 4.79 Å². The molecule has 0 fully saturated rings. The average Bonchev–Trinajstić information content (AvgIpc) is 3.03. The lowest BCUT2D eigenvalue weighted by molar-refractivity contribution is -0.121. The second-order valence-electron chi connectivity index (χ2n) is 6.82. The Hall–Kier alpha value is -2.24. The zero-order valence-electron chi connectivity index (χ0n) is 14.6. The maximum Gasteiger partial charge on any atom is 0.228 e. The van der Waals surface area contributed by atoms with Crippen LogP contribution in [-0.2, 0) is 24.1 Å². The lowest BCUT2D eigenvalue weighted by Crippen LogP contribution is -2.28. The minimum Gasteiger partial charge on any atom is -0.349 e. The van der Waals surface area contributed by atoms with Crippen molar-refractivity contribution in [3.63, 3.8) is 0 Å². The van der Waals surface area contributed by atoms with Gasteiger partial charge in [-0.25, -0.2) is 0 Å². The Morgan fingerprint density at radius 3 is 2.67 bits per heavy atom. The fourth-order valence-corrected chi connectivity index (χ4v) is 3.09. The first-order valence-electron chi connectivity index (χ1n) is 8.72. The summed E-state index contributed by atoms with van der Waals surface area (Å²) in [6.45, 7) is 5.97. The lowest BCUT2D eigenvalue weighted by Gasteiger charge is -2.20. The van der Waals surface area contributed by atoms with E-state index in [-0.39, 0.29) is 24.4 Å². The van der Waals surface area contributed by atoms with Crippen LogP contribution in [0.1, 0.15) is 68.2 Å². The van der Waals surface area contributed by atoms with Crippen molar-refractivity contribution in [1.82, 2.24) is 25.5 Å². The van der Waals surface area contributed by atoms with E-state index in [0.29, 0.717) is 5.82 Å². The molecule has 128 valence electrons. The molecule has 1 aromatic carbocycles. The first-order chi connectivity index (χ1) is 11.5. The number of hydrogen-bond acceptors (Lipinski definition) is 4. The van der Waals surface area contributed by atoms with Gasteiger partial charge in [-0.05, 0) is 68.4 Å². The summed E-state index contributed by atoms with van der Waals surface area (Å²) < 4.78 is 0. The van der Waals surface area contributed by atoms with Crippen LogP contribution < -0.4 is 5.32 Å². The molecule has 1 atom stereocenters. The first kappa shape index (κ1) is 16.6. The van der Waals surface area contributed by atoms with E-state index in [2.05, 4.69) is 38.9 Å². The van der Waals surface area contributed by atoms with Crippen molar-refractivity contribution in [1.29, 1.82) is 0 Å². The molecule has 0 saturated heterocycles. The molecule has 1 aromatic heterocycles. The second-order valence-corrected chi connectivity index (χ2v) is 6.82. The molecule has 1 N–H and O–H groups in total. The molecule has 3 rings (SSSR count). The van der Waals surface area contributed by atoms with Crippen molar-refractivity contribution in [2.75, 3.05) is 0 Å². The average molecular weight is 327 g/mol. The molecule has 0 aliphatic heterocycles. The zero-order valence-corrected chi connectivity index (χ0v) is 14.6. The topological polar surface area (TPSA) is 72.7 Å². The normalized spacial score (nSPS) is 15.2. The van der Waals surface area contributed by atoms with Gasteiger partial charge in [0.2, 0.25) is 5.91 Å². The van der Waals surface area contributed by atoms with Gasteiger partial charge in [-0.3, -0.25) is 4.79 Å². The number of nitrogens with zero attached hydrogens (tertiary/aromatic N) is 4. The number of benzene rings is 1. The molecule has 1 aliphatic carbocycles. The summed E-state index contributed by atoms with van der Waals surface area (Å²) in [6.07, 6.45) is 5.01. The van der Waals surface area contributed by atoms with Crippen LogP contribution in [-0.4, -0.2) is 26.1 Å². The van der Waals surface area contributed by atoms with Crippen molar-refractivity contribution in [2.45, 2.75) is 65.0 Å². The third-order valence-electron chi connectivity index (χ3n) is 4.50. The summed E-state index contributed by atoms with van der Waals surface area (Å²) in [5, 5.41) is 15.1. The van der Waals surface area contributed by atoms with Crippen LogP contribution in [0.5, 0.6) is 0 Å². The number of carbonyl (C=O) groups is 1. The van der Waals surface area contributed by atoms with E-state index in [1.54, 1.807) is 0 Å². The molecule has 6 nitrogen and oxygen atoms in total. The van der Waals surface area contributed by atoms with Crippen LogP contribution in [0.4, 0.5) is 0 Å². The Balaban J connectivity index is 1.61. The van der Waals surface area contributed by atoms with Crippen molar-refractivity contribution >= 4 is 5.91 Å². The highest BCUT2D eigenvalue weighted by molar-refractivity contribution is 5.78. The smallest absolute Gasteiger partial charge is 0.228 e. The number of aryl methyl sites for hydroxylation is 2. The fourth-order valence-electron chi connectivity index (χ4n) is 3.09. The van der Waals surface area contributed by atoms with Crippen LogP contribution in [0.2, 0.25) is 0 Å². The minimum absolute atomic E-state index is 0.0233. The van der Waals surface area contributed by atoms with Crippen LogP contribution in [0, 0.1) is 0 Å². The zero-order chi connectivity index (χ0) is 17.1. The third kappa shape index (κ3) is 3.80. The SMILES string of the molecule is CC(C)n1nnc(CC(=O)N[C@@H](C)c2ccc3c(c2)CCCC3)n1. The standard InChI is InChI=1S/C18H25N5O/c1-12(2)23-21-17(20-22-23)11-18(24)19-13(3)15-9-8-14-6-4-5-7-16(14)10-15/h8-10,12-13H,4-7,11H2,1-3H3,(H,19,24)/t13-/m0/s1. The van der Waals surface area contributed by atoms with Crippen molar-refractivity contribution in [2.24, 2.45) is 0 Å². The number of rotatable bonds is 5. The highest BCUT2D eigenvalue weighted by Crippen LogP contribution is 2.24. The van der Waals surface area contributed by atoms with E-state index in [9.17, 15) is 4.79 Å². The molecule has 2 aromatic rings. The van der Waals surface area contributed by atoms with Crippen molar-refractivity contribution in [3.05, 3.63) is 40.7 Å². The predicted molar refractivity (Wildman–Crippen MR) is 91.5 cm³/mol. The highest BCUT2D eigenvalue weighted by Gasteiger charge is 2.16. The highest BCUT2D eigenvalue weighted by atomic mass is 16.1. The maximum atomic E-state index is 12.2. The van der Waals surface area contributed by atoms with Crippen LogP contribution in [0.3, 0.4) is 0 Å². The van der Waals surface area contributed by atoms with Crippen LogP contribution in [0.25, 0.3) is 0 Å². The number of hydrogen-bond donors (Lipinski definition) is 1. The number of nitrogens with one attached hydrogen (secondary N) is 1. The van der Waals surface area contributed by atoms with Gasteiger partial charge < -0.3 is 5.32 Å². The van der Waals surface area contributed by atoms with Gasteiger partial charge in [0.25, 0.3) is 0 Å². The molecule has 0 spiro atoms. The van der Waals surface area contributed by atoms with Crippen LogP contribution >= 0.6 is 0 Å². The van der Waals surface area contributed by atoms with E-state index >= 15 is 0 Å². The molecule has 24 heavy (non-hydrogen) atoms. The number of tetrazole rings is 1. The van der Waals surface area contributed by atoms with Gasteiger partial charge in [-0.2, -0.15) is 4.80 Å². The third-order valence-corrected chi connectivity index (χ3v) is 4.50. The molecule has 0 radical (unpaired) electrons. The molecule has 1 amide bonds. The molecule has 0 saturated carbocycles. The largest absolute Gasteiger partial charge is 0.349 e. The second kappa shape index (κ2) is 7.11. The Labute approximate surface area is 142 Å². The van der Waals surface area contributed by atoms with Gasteiger partial charge >= 0.3 is 0 Å². The fraction of sp³-hybridized carbons (Fsp3) is 0.556. The molecule has 0 bridgehead atoms. The Kier molecular flexibility index (Phi) is 4.92. The van der Waals surface area contributed by atoms with E-state index in [1.807, 2.05) is 20.8 Å². The summed E-state index contributed by atoms with van der Waals surface area (Å²) in [6, 6.07) is 6.70. The van der Waals surface area contributed by atoms with Crippen molar-refractivity contribution in [3.8, 4) is 0 Å². The summed E-state index contributed by atoms with van der Waals surface area (Å²) in [5.41, 5.74) is 4.04. The van der Waals surface area contributed by atoms with Gasteiger partial charge in [-0.15, -0.1) is 10.2 Å². The van der Waals surface area contributed by atoms with Gasteiger partial charge in [-0.1, -0.05) is 18.2 Å². The molecular formula is C18H25N5O. The monoisotopic (exact) mass is 327 g/mol. The van der Waals surface area contributed by atoms with E-state index in [4.69, 9.17) is 0 Å². The molecule has 1 aliphatic rings. The Morgan fingerprint density at radius 1 is 1.21 bits per heavy atom. The molecular weight excluding hydrogens is 302 g/mol. The van der Waals surface area contributed by atoms with E-state index < -0.39 is 0 Å². The van der Waals surface area contributed by atoms with E-state index in [1.165, 1.54) is 35.2 Å². The quantitative estimate of drug-likeness (QED) is 0.916. The summed E-state index contributed by atoms with van der Waals surface area (Å²) in [5.74, 6) is 0.377. The predicted octanol–water partition coefficient (Wildman–Crippen LogP) is 2.55. The van der Waals surface area contributed by atoms with Gasteiger partial charge in [0, 0.05) is 0 Å².